The van der Waals surface area contributed by atoms with Crippen molar-refractivity contribution in [3.8, 4) is 0 Å². The lowest BCUT2D eigenvalue weighted by atomic mass is 10.1. The molecule has 0 spiro atoms. The van der Waals surface area contributed by atoms with Crippen LogP contribution in [0.15, 0.2) is 18.9 Å². The molecule has 0 aliphatic heterocycles. The zero-order valence-corrected chi connectivity index (χ0v) is 11.7. The van der Waals surface area contributed by atoms with Crippen molar-refractivity contribution in [2.24, 2.45) is 5.73 Å². The third-order valence-corrected chi connectivity index (χ3v) is 3.14. The molecular formula is C13H22N6. The van der Waals surface area contributed by atoms with Crippen LogP contribution < -0.4 is 5.73 Å². The average Bonchev–Trinajstić information content (AvgIpc) is 3.01. The molecule has 0 aliphatic carbocycles. The third-order valence-electron chi connectivity index (χ3n) is 3.14. The third kappa shape index (κ3) is 3.64. The molecule has 0 fully saturated rings. The predicted octanol–water partition coefficient (Wildman–Crippen LogP) is 1.21. The molecule has 0 aromatic carbocycles. The van der Waals surface area contributed by atoms with Gasteiger partial charge in [-0.1, -0.05) is 13.8 Å². The van der Waals surface area contributed by atoms with Gasteiger partial charge in [0.1, 0.15) is 12.2 Å². The minimum Gasteiger partial charge on any atom is -0.330 e. The number of aromatic nitrogens is 5. The number of rotatable bonds is 7. The van der Waals surface area contributed by atoms with Gasteiger partial charge in [0.15, 0.2) is 0 Å². The fourth-order valence-electron chi connectivity index (χ4n) is 1.98. The Morgan fingerprint density at radius 1 is 1.32 bits per heavy atom. The van der Waals surface area contributed by atoms with Gasteiger partial charge in [-0.3, -0.25) is 0 Å². The summed E-state index contributed by atoms with van der Waals surface area (Å²) in [6.07, 6.45) is 8.33. The highest BCUT2D eigenvalue weighted by molar-refractivity contribution is 5.01. The van der Waals surface area contributed by atoms with Gasteiger partial charge >= 0.3 is 0 Å². The van der Waals surface area contributed by atoms with E-state index in [-0.39, 0.29) is 6.04 Å². The first-order valence-corrected chi connectivity index (χ1v) is 6.85. The highest BCUT2D eigenvalue weighted by atomic mass is 15.3. The Balaban J connectivity index is 2.01. The minimum atomic E-state index is 0.187. The van der Waals surface area contributed by atoms with E-state index in [9.17, 15) is 0 Å². The summed E-state index contributed by atoms with van der Waals surface area (Å²) in [6.45, 7) is 5.83. The van der Waals surface area contributed by atoms with Gasteiger partial charge in [-0.25, -0.2) is 14.6 Å². The van der Waals surface area contributed by atoms with E-state index in [0.717, 1.165) is 37.3 Å². The summed E-state index contributed by atoms with van der Waals surface area (Å²) in [5.74, 6) is 0.964. The second-order valence-electron chi connectivity index (χ2n) is 4.81. The van der Waals surface area contributed by atoms with Crippen LogP contribution in [0.5, 0.6) is 0 Å². The Morgan fingerprint density at radius 3 is 2.89 bits per heavy atom. The summed E-state index contributed by atoms with van der Waals surface area (Å²) in [5.41, 5.74) is 6.98. The summed E-state index contributed by atoms with van der Waals surface area (Å²) >= 11 is 0. The molecule has 0 saturated heterocycles. The van der Waals surface area contributed by atoms with Gasteiger partial charge in [-0.05, 0) is 12.8 Å². The summed E-state index contributed by atoms with van der Waals surface area (Å²) in [6, 6.07) is 0.187. The standard InChI is InChI=1S/C13H22N6/c1-3-5-19-13(15-9-17-19)8-18-7-12(16-10-18)6-11(14)4-2/h7,9-11H,3-6,8,14H2,1-2H3. The van der Waals surface area contributed by atoms with Crippen molar-refractivity contribution in [2.45, 2.75) is 52.2 Å². The number of nitrogens with two attached hydrogens (primary N) is 1. The van der Waals surface area contributed by atoms with Crippen LogP contribution in [-0.2, 0) is 19.5 Å². The van der Waals surface area contributed by atoms with Crippen LogP contribution in [0.2, 0.25) is 0 Å². The lowest BCUT2D eigenvalue weighted by Gasteiger charge is -2.06. The Morgan fingerprint density at radius 2 is 2.16 bits per heavy atom. The lowest BCUT2D eigenvalue weighted by molar-refractivity contribution is 0.554. The topological polar surface area (TPSA) is 74.5 Å². The quantitative estimate of drug-likeness (QED) is 0.814. The highest BCUT2D eigenvalue weighted by Crippen LogP contribution is 2.05. The molecule has 0 radical (unpaired) electrons. The van der Waals surface area contributed by atoms with Gasteiger partial charge in [0, 0.05) is 25.2 Å². The number of aryl methyl sites for hydroxylation is 1. The summed E-state index contributed by atoms with van der Waals surface area (Å²) in [5, 5.41) is 4.22. The number of hydrogen-bond acceptors (Lipinski definition) is 4. The van der Waals surface area contributed by atoms with E-state index in [2.05, 4.69) is 28.9 Å². The van der Waals surface area contributed by atoms with Crippen LogP contribution in [0.3, 0.4) is 0 Å². The molecule has 2 heterocycles. The Kier molecular flexibility index (Phi) is 4.68. The van der Waals surface area contributed by atoms with Crippen molar-refractivity contribution in [3.05, 3.63) is 30.4 Å². The van der Waals surface area contributed by atoms with Crippen LogP contribution in [0.1, 0.15) is 38.2 Å². The smallest absolute Gasteiger partial charge is 0.146 e. The summed E-state index contributed by atoms with van der Waals surface area (Å²) in [7, 11) is 0. The zero-order chi connectivity index (χ0) is 13.7. The van der Waals surface area contributed by atoms with Crippen molar-refractivity contribution in [3.63, 3.8) is 0 Å². The first-order valence-electron chi connectivity index (χ1n) is 6.85. The fraction of sp³-hybridized carbons (Fsp3) is 0.615. The molecule has 104 valence electrons. The van der Waals surface area contributed by atoms with Crippen LogP contribution in [0.4, 0.5) is 0 Å². The van der Waals surface area contributed by atoms with Crippen molar-refractivity contribution < 1.29 is 0 Å². The normalized spacial score (nSPS) is 12.8. The van der Waals surface area contributed by atoms with Crippen molar-refractivity contribution in [1.82, 2.24) is 24.3 Å². The van der Waals surface area contributed by atoms with Gasteiger partial charge in [-0.15, -0.1) is 0 Å². The Hall–Kier alpha value is -1.69. The summed E-state index contributed by atoms with van der Waals surface area (Å²) < 4.78 is 3.98. The average molecular weight is 262 g/mol. The predicted molar refractivity (Wildman–Crippen MR) is 73.6 cm³/mol. The molecule has 6 heteroatoms. The maximum Gasteiger partial charge on any atom is 0.146 e. The Bertz CT molecular complexity index is 501. The maximum atomic E-state index is 5.94. The molecular weight excluding hydrogens is 240 g/mol. The highest BCUT2D eigenvalue weighted by Gasteiger charge is 2.07. The van der Waals surface area contributed by atoms with Gasteiger partial charge in [0.05, 0.1) is 18.6 Å². The maximum absolute atomic E-state index is 5.94. The van der Waals surface area contributed by atoms with Crippen molar-refractivity contribution in [2.75, 3.05) is 0 Å². The molecule has 0 aliphatic rings. The second kappa shape index (κ2) is 6.47. The van der Waals surface area contributed by atoms with Crippen LogP contribution in [-0.4, -0.2) is 30.4 Å². The monoisotopic (exact) mass is 262 g/mol. The summed E-state index contributed by atoms with van der Waals surface area (Å²) in [4.78, 5) is 8.68. The van der Waals surface area contributed by atoms with E-state index < -0.39 is 0 Å². The SMILES string of the molecule is CCCn1ncnc1Cn1cnc(CC(N)CC)c1. The van der Waals surface area contributed by atoms with E-state index in [1.54, 1.807) is 6.33 Å². The van der Waals surface area contributed by atoms with E-state index in [1.165, 1.54) is 0 Å². The zero-order valence-electron chi connectivity index (χ0n) is 11.7. The molecule has 0 saturated carbocycles. The molecule has 2 aromatic rings. The van der Waals surface area contributed by atoms with Crippen LogP contribution >= 0.6 is 0 Å². The fourth-order valence-corrected chi connectivity index (χ4v) is 1.98. The molecule has 6 nitrogen and oxygen atoms in total. The van der Waals surface area contributed by atoms with E-state index in [4.69, 9.17) is 5.73 Å². The molecule has 19 heavy (non-hydrogen) atoms. The molecule has 1 atom stereocenters. The molecule has 0 amide bonds. The van der Waals surface area contributed by atoms with E-state index in [1.807, 2.05) is 21.8 Å². The first-order chi connectivity index (χ1) is 9.22. The first kappa shape index (κ1) is 13.7. The molecule has 2 rings (SSSR count). The largest absolute Gasteiger partial charge is 0.330 e. The van der Waals surface area contributed by atoms with Crippen molar-refractivity contribution in [1.29, 1.82) is 0 Å². The number of imidazole rings is 1. The number of hydrogen-bond donors (Lipinski definition) is 1. The molecule has 2 aromatic heterocycles. The van der Waals surface area contributed by atoms with Gasteiger partial charge in [-0.2, -0.15) is 5.10 Å². The molecule has 2 N–H and O–H groups in total. The van der Waals surface area contributed by atoms with Crippen LogP contribution in [0, 0.1) is 0 Å². The lowest BCUT2D eigenvalue weighted by Crippen LogP contribution is -2.21. The van der Waals surface area contributed by atoms with Crippen molar-refractivity contribution >= 4 is 0 Å². The van der Waals surface area contributed by atoms with Gasteiger partial charge in [0.25, 0.3) is 0 Å². The second-order valence-corrected chi connectivity index (χ2v) is 4.81. The Labute approximate surface area is 113 Å². The molecule has 0 bridgehead atoms. The van der Waals surface area contributed by atoms with Gasteiger partial charge in [0.2, 0.25) is 0 Å². The van der Waals surface area contributed by atoms with Crippen LogP contribution in [0.25, 0.3) is 0 Å². The van der Waals surface area contributed by atoms with E-state index in [0.29, 0.717) is 6.54 Å². The molecule has 1 unspecified atom stereocenters. The van der Waals surface area contributed by atoms with Gasteiger partial charge < -0.3 is 10.3 Å². The number of nitrogens with zero attached hydrogens (tertiary/aromatic N) is 5. The minimum absolute atomic E-state index is 0.187. The van der Waals surface area contributed by atoms with E-state index >= 15 is 0 Å².